The van der Waals surface area contributed by atoms with Crippen LogP contribution in [0.4, 0.5) is 18.9 Å². The van der Waals surface area contributed by atoms with Crippen molar-refractivity contribution in [1.29, 1.82) is 0 Å². The molecule has 29 heavy (non-hydrogen) atoms. The summed E-state index contributed by atoms with van der Waals surface area (Å²) >= 11 is 0. The number of aromatic nitrogens is 1. The zero-order chi connectivity index (χ0) is 20.6. The summed E-state index contributed by atoms with van der Waals surface area (Å²) in [5.41, 5.74) is 3.61. The van der Waals surface area contributed by atoms with Gasteiger partial charge in [0.05, 0.1) is 16.9 Å². The second-order valence-electron chi connectivity index (χ2n) is 6.79. The molecule has 2 aromatic carbocycles. The van der Waals surface area contributed by atoms with Gasteiger partial charge in [-0.15, -0.1) is 0 Å². The molecule has 1 atom stereocenters. The minimum absolute atomic E-state index is 0.0779. The molecule has 0 spiro atoms. The van der Waals surface area contributed by atoms with Crippen LogP contribution >= 0.6 is 0 Å². The fourth-order valence-electron chi connectivity index (χ4n) is 3.69. The third-order valence-electron chi connectivity index (χ3n) is 5.21. The van der Waals surface area contributed by atoms with Gasteiger partial charge in [0.1, 0.15) is 5.41 Å². The Morgan fingerprint density at radius 2 is 1.83 bits per heavy atom. The van der Waals surface area contributed by atoms with Crippen molar-refractivity contribution in [3.8, 4) is 0 Å². The third kappa shape index (κ3) is 3.01. The average molecular weight is 398 g/mol. The molecule has 3 aromatic rings. The lowest BCUT2D eigenvalue weighted by Gasteiger charge is -2.41. The fraction of sp³-hybridized carbons (Fsp3) is 0.143. The minimum Gasteiger partial charge on any atom is -0.291 e. The van der Waals surface area contributed by atoms with E-state index in [1.54, 1.807) is 54.7 Å². The molecule has 1 aliphatic rings. The molecule has 0 radical (unpaired) electrons. The van der Waals surface area contributed by atoms with E-state index in [1.165, 1.54) is 6.07 Å². The molecule has 0 saturated heterocycles. The monoisotopic (exact) mass is 398 g/mol. The molecule has 1 unspecified atom stereocenters. The molecule has 5 nitrogen and oxygen atoms in total. The van der Waals surface area contributed by atoms with E-state index in [-0.39, 0.29) is 17.0 Å². The molecule has 2 heterocycles. The van der Waals surface area contributed by atoms with Crippen LogP contribution in [0.5, 0.6) is 0 Å². The molecule has 0 aliphatic carbocycles. The lowest BCUT2D eigenvalue weighted by molar-refractivity contribution is -0.179. The highest BCUT2D eigenvalue weighted by Gasteiger charge is 2.60. The van der Waals surface area contributed by atoms with Crippen molar-refractivity contribution in [2.75, 3.05) is 5.48 Å². The number of halogens is 3. The molecule has 1 aromatic heterocycles. The fourth-order valence-corrected chi connectivity index (χ4v) is 3.69. The zero-order valence-corrected chi connectivity index (χ0v) is 15.2. The van der Waals surface area contributed by atoms with Crippen LogP contribution in [0, 0.1) is 0 Å². The maximum Gasteiger partial charge on any atom is 0.404 e. The van der Waals surface area contributed by atoms with E-state index in [2.05, 4.69) is 22.1 Å². The topological polar surface area (TPSA) is 69.5 Å². The first kappa shape index (κ1) is 18.9. The highest BCUT2D eigenvalue weighted by Crippen LogP contribution is 2.51. The number of alkyl halides is 3. The molecule has 0 fully saturated rings. The first-order valence-electron chi connectivity index (χ1n) is 8.80. The van der Waals surface area contributed by atoms with E-state index < -0.39 is 18.0 Å². The van der Waals surface area contributed by atoms with Crippen molar-refractivity contribution in [1.82, 2.24) is 10.4 Å². The third-order valence-corrected chi connectivity index (χ3v) is 5.21. The van der Waals surface area contributed by atoms with Crippen molar-refractivity contribution < 1.29 is 18.4 Å². The summed E-state index contributed by atoms with van der Waals surface area (Å²) in [6.07, 6.45) is -3.50. The Hall–Kier alpha value is -3.39. The molecule has 3 N–H and O–H groups in total. The molecular formula is C21H17F3N4O. The Balaban J connectivity index is 1.90. The number of rotatable bonds is 3. The normalized spacial score (nSPS) is 19.6. The van der Waals surface area contributed by atoms with Crippen LogP contribution < -0.4 is 10.9 Å². The van der Waals surface area contributed by atoms with Crippen molar-refractivity contribution in [3.05, 3.63) is 84.2 Å². The maximum atomic E-state index is 14.6. The van der Waals surface area contributed by atoms with Crippen LogP contribution in [0.25, 0.3) is 10.9 Å². The van der Waals surface area contributed by atoms with E-state index in [9.17, 15) is 13.2 Å². The number of pyridine rings is 1. The van der Waals surface area contributed by atoms with Gasteiger partial charge in [-0.05, 0) is 35.4 Å². The number of anilines is 1. The number of benzene rings is 2. The van der Waals surface area contributed by atoms with Crippen molar-refractivity contribution in [2.45, 2.75) is 18.0 Å². The Labute approximate surface area is 164 Å². The number of hydrogen-bond acceptors (Lipinski definition) is 5. The van der Waals surface area contributed by atoms with Gasteiger partial charge in [0.2, 0.25) is 0 Å². The summed E-state index contributed by atoms with van der Waals surface area (Å²) in [5.74, 6) is 0. The molecule has 0 bridgehead atoms. The lowest BCUT2D eigenvalue weighted by Crippen LogP contribution is -2.51. The van der Waals surface area contributed by atoms with E-state index in [1.807, 2.05) is 5.48 Å². The van der Waals surface area contributed by atoms with Crippen LogP contribution in [0.15, 0.2) is 78.2 Å². The highest BCUT2D eigenvalue weighted by molar-refractivity contribution is 6.03. The van der Waals surface area contributed by atoms with E-state index in [0.29, 0.717) is 22.2 Å². The van der Waals surface area contributed by atoms with Crippen LogP contribution in [0.1, 0.15) is 17.5 Å². The number of fused-ring (bicyclic) bond motifs is 1. The summed E-state index contributed by atoms with van der Waals surface area (Å²) in [6, 6.07) is 14.3. The number of hydrogen-bond donors (Lipinski definition) is 3. The van der Waals surface area contributed by atoms with E-state index >= 15 is 0 Å². The molecule has 148 valence electrons. The summed E-state index contributed by atoms with van der Waals surface area (Å²) in [6.45, 7) is 3.67. The smallest absolute Gasteiger partial charge is 0.291 e. The van der Waals surface area contributed by atoms with E-state index in [4.69, 9.17) is 5.21 Å². The van der Waals surface area contributed by atoms with Crippen LogP contribution in [-0.2, 0) is 5.41 Å². The van der Waals surface area contributed by atoms with Crippen molar-refractivity contribution in [3.63, 3.8) is 0 Å². The second-order valence-corrected chi connectivity index (χ2v) is 6.79. The van der Waals surface area contributed by atoms with Gasteiger partial charge in [-0.3, -0.25) is 21.1 Å². The Morgan fingerprint density at radius 1 is 1.07 bits per heavy atom. The standard InChI is InChI=1S/C21H17F3N4O/c1-13-20(21(22,23)24,17-5-2-6-18-16(17)4-3-11-25-18)12-19(27-26-13)14-7-9-15(28-29)10-8-14/h2-11,26,28-29H,1,12H2. The van der Waals surface area contributed by atoms with Crippen molar-refractivity contribution >= 4 is 22.3 Å². The first-order valence-corrected chi connectivity index (χ1v) is 8.80. The average Bonchev–Trinajstić information content (AvgIpc) is 2.73. The Bertz CT molecular complexity index is 1100. The molecule has 1 aliphatic heterocycles. The van der Waals surface area contributed by atoms with Gasteiger partial charge in [-0.25, -0.2) is 0 Å². The van der Waals surface area contributed by atoms with Gasteiger partial charge in [0.15, 0.2) is 0 Å². The molecule has 0 amide bonds. The Morgan fingerprint density at radius 3 is 2.52 bits per heavy atom. The SMILES string of the molecule is C=C1NN=C(c2ccc(NO)cc2)CC1(c1cccc2ncccc12)C(F)(F)F. The molecule has 0 saturated carbocycles. The van der Waals surface area contributed by atoms with Gasteiger partial charge in [-0.2, -0.15) is 18.3 Å². The van der Waals surface area contributed by atoms with Gasteiger partial charge >= 0.3 is 6.18 Å². The maximum absolute atomic E-state index is 14.6. The molecule has 8 heteroatoms. The summed E-state index contributed by atoms with van der Waals surface area (Å²) in [5, 5.41) is 13.5. The number of nitrogens with one attached hydrogen (secondary N) is 2. The minimum atomic E-state index is -4.63. The summed E-state index contributed by atoms with van der Waals surface area (Å²) in [7, 11) is 0. The largest absolute Gasteiger partial charge is 0.404 e. The second kappa shape index (κ2) is 6.89. The van der Waals surface area contributed by atoms with Gasteiger partial charge < -0.3 is 0 Å². The number of hydrazone groups is 1. The quantitative estimate of drug-likeness (QED) is 0.557. The zero-order valence-electron chi connectivity index (χ0n) is 15.2. The molecule has 4 rings (SSSR count). The number of nitrogens with zero attached hydrogens (tertiary/aromatic N) is 2. The Kier molecular flexibility index (Phi) is 4.50. The van der Waals surface area contributed by atoms with Crippen molar-refractivity contribution in [2.24, 2.45) is 5.10 Å². The first-order chi connectivity index (χ1) is 13.9. The number of allylic oxidation sites excluding steroid dienone is 1. The van der Waals surface area contributed by atoms with Crippen LogP contribution in [0.2, 0.25) is 0 Å². The lowest BCUT2D eigenvalue weighted by atomic mass is 9.70. The van der Waals surface area contributed by atoms with Crippen LogP contribution in [0.3, 0.4) is 0 Å². The van der Waals surface area contributed by atoms with Crippen LogP contribution in [-0.4, -0.2) is 22.1 Å². The summed E-state index contributed by atoms with van der Waals surface area (Å²) in [4.78, 5) is 4.19. The molecular weight excluding hydrogens is 381 g/mol. The van der Waals surface area contributed by atoms with Gasteiger partial charge in [0.25, 0.3) is 0 Å². The van der Waals surface area contributed by atoms with Gasteiger partial charge in [0, 0.05) is 23.7 Å². The predicted molar refractivity (Wildman–Crippen MR) is 105 cm³/mol. The van der Waals surface area contributed by atoms with Gasteiger partial charge in [-0.1, -0.05) is 36.9 Å². The summed E-state index contributed by atoms with van der Waals surface area (Å²) < 4.78 is 43.9. The van der Waals surface area contributed by atoms with E-state index in [0.717, 1.165) is 0 Å². The predicted octanol–water partition coefficient (Wildman–Crippen LogP) is 4.75. The highest BCUT2D eigenvalue weighted by atomic mass is 19.4.